The molecule has 0 bridgehead atoms. The maximum absolute atomic E-state index is 13.9. The van der Waals surface area contributed by atoms with Gasteiger partial charge in [-0.1, -0.05) is 0 Å². The third-order valence-electron chi connectivity index (χ3n) is 9.35. The highest BCUT2D eigenvalue weighted by atomic mass is 32.2. The Kier molecular flexibility index (Phi) is 6.31. The average Bonchev–Trinajstić information content (AvgIpc) is 3.84. The fraction of sp³-hybridized carbons (Fsp3) is 0.643. The SMILES string of the molecule is CCS(=O)(=O)N1CC2(CC(CNc3nc4cnc(-c5c(OC)ncnc5C5CC5)nc4n(C(C)C4CC4)c3=O)C2)C1. The number of aromatic nitrogens is 6. The minimum absolute atomic E-state index is 0.0263. The molecule has 4 aliphatic rings. The van der Waals surface area contributed by atoms with E-state index in [9.17, 15) is 13.2 Å². The molecule has 4 heterocycles. The van der Waals surface area contributed by atoms with Crippen molar-refractivity contribution in [3.8, 4) is 17.3 Å². The molecule has 3 aliphatic carbocycles. The van der Waals surface area contributed by atoms with Crippen LogP contribution in [0.1, 0.15) is 70.0 Å². The number of fused-ring (bicyclic) bond motifs is 1. The smallest absolute Gasteiger partial charge is 0.295 e. The Morgan fingerprint density at radius 1 is 1.12 bits per heavy atom. The number of hydrogen-bond donors (Lipinski definition) is 1. The molecule has 3 aromatic heterocycles. The van der Waals surface area contributed by atoms with Crippen LogP contribution in [0.25, 0.3) is 22.6 Å². The second kappa shape index (κ2) is 9.69. The first-order valence-corrected chi connectivity index (χ1v) is 16.2. The summed E-state index contributed by atoms with van der Waals surface area (Å²) in [4.78, 5) is 36.9. The predicted octanol–water partition coefficient (Wildman–Crippen LogP) is 2.97. The highest BCUT2D eigenvalue weighted by Gasteiger charge is 2.54. The van der Waals surface area contributed by atoms with Crippen molar-refractivity contribution in [1.29, 1.82) is 0 Å². The van der Waals surface area contributed by atoms with Crippen LogP contribution in [-0.2, 0) is 10.0 Å². The highest BCUT2D eigenvalue weighted by Crippen LogP contribution is 2.52. The Morgan fingerprint density at radius 2 is 1.88 bits per heavy atom. The van der Waals surface area contributed by atoms with Gasteiger partial charge in [0.15, 0.2) is 17.3 Å². The molecule has 0 radical (unpaired) electrons. The van der Waals surface area contributed by atoms with E-state index in [1.807, 2.05) is 0 Å². The summed E-state index contributed by atoms with van der Waals surface area (Å²) >= 11 is 0. The Hall–Kier alpha value is -3.19. The van der Waals surface area contributed by atoms with Crippen LogP contribution in [-0.4, -0.2) is 74.7 Å². The minimum Gasteiger partial charge on any atom is -0.480 e. The van der Waals surface area contributed by atoms with Crippen molar-refractivity contribution in [2.45, 2.75) is 64.3 Å². The molecular weight excluding hydrogens is 544 g/mol. The van der Waals surface area contributed by atoms with Gasteiger partial charge in [-0.3, -0.25) is 9.36 Å². The molecule has 3 saturated carbocycles. The molecule has 13 heteroatoms. The summed E-state index contributed by atoms with van der Waals surface area (Å²) in [5.74, 6) is 2.46. The number of anilines is 1. The summed E-state index contributed by atoms with van der Waals surface area (Å²) in [6.07, 6.45) is 9.37. The van der Waals surface area contributed by atoms with E-state index in [0.29, 0.717) is 71.6 Å². The Bertz CT molecular complexity index is 1670. The molecule has 41 heavy (non-hydrogen) atoms. The molecule has 1 N–H and O–H groups in total. The second-order valence-electron chi connectivity index (χ2n) is 12.4. The normalized spacial score (nSPS) is 21.4. The minimum atomic E-state index is -3.11. The molecule has 1 unspecified atom stereocenters. The number of methoxy groups -OCH3 is 1. The Balaban J connectivity index is 1.16. The van der Waals surface area contributed by atoms with Crippen molar-refractivity contribution in [3.05, 3.63) is 28.6 Å². The number of hydrogen-bond acceptors (Lipinski definition) is 10. The summed E-state index contributed by atoms with van der Waals surface area (Å²) in [5.41, 5.74) is 2.53. The lowest BCUT2D eigenvalue weighted by Gasteiger charge is -2.58. The van der Waals surface area contributed by atoms with Gasteiger partial charge < -0.3 is 10.1 Å². The van der Waals surface area contributed by atoms with Crippen molar-refractivity contribution >= 4 is 27.0 Å². The van der Waals surface area contributed by atoms with E-state index in [-0.39, 0.29) is 22.8 Å². The predicted molar refractivity (Wildman–Crippen MR) is 153 cm³/mol. The Labute approximate surface area is 239 Å². The van der Waals surface area contributed by atoms with Gasteiger partial charge >= 0.3 is 0 Å². The monoisotopic (exact) mass is 580 g/mol. The van der Waals surface area contributed by atoms with E-state index in [1.165, 1.54) is 6.33 Å². The third kappa shape index (κ3) is 4.66. The first-order valence-electron chi connectivity index (χ1n) is 14.6. The van der Waals surface area contributed by atoms with Crippen molar-refractivity contribution in [3.63, 3.8) is 0 Å². The highest BCUT2D eigenvalue weighted by molar-refractivity contribution is 7.89. The average molecular weight is 581 g/mol. The van der Waals surface area contributed by atoms with E-state index in [1.54, 1.807) is 29.1 Å². The van der Waals surface area contributed by atoms with Crippen LogP contribution in [0.15, 0.2) is 17.3 Å². The molecule has 1 aliphatic heterocycles. The number of rotatable bonds is 10. The summed E-state index contributed by atoms with van der Waals surface area (Å²) in [5, 5.41) is 3.33. The van der Waals surface area contributed by atoms with Crippen molar-refractivity contribution in [2.24, 2.45) is 17.3 Å². The fourth-order valence-corrected chi connectivity index (χ4v) is 8.01. The number of sulfonamides is 1. The first kappa shape index (κ1) is 26.7. The van der Waals surface area contributed by atoms with Crippen LogP contribution in [0.2, 0.25) is 0 Å². The van der Waals surface area contributed by atoms with Gasteiger partial charge in [-0.25, -0.2) is 37.6 Å². The van der Waals surface area contributed by atoms with Crippen molar-refractivity contribution in [2.75, 3.05) is 37.8 Å². The second-order valence-corrected chi connectivity index (χ2v) is 14.6. The molecule has 1 saturated heterocycles. The van der Waals surface area contributed by atoms with Crippen molar-refractivity contribution in [1.82, 2.24) is 33.8 Å². The number of nitrogens with one attached hydrogen (secondary N) is 1. The Morgan fingerprint density at radius 3 is 2.54 bits per heavy atom. The quantitative estimate of drug-likeness (QED) is 0.380. The van der Waals surface area contributed by atoms with Gasteiger partial charge in [-0.2, -0.15) is 0 Å². The maximum atomic E-state index is 13.9. The molecule has 12 nitrogen and oxygen atoms in total. The largest absolute Gasteiger partial charge is 0.480 e. The molecule has 1 atom stereocenters. The van der Waals surface area contributed by atoms with E-state index in [4.69, 9.17) is 9.72 Å². The molecule has 0 aromatic carbocycles. The van der Waals surface area contributed by atoms with E-state index in [0.717, 1.165) is 44.2 Å². The summed E-state index contributed by atoms with van der Waals surface area (Å²) in [6.45, 7) is 5.60. The number of ether oxygens (including phenoxy) is 1. The molecule has 4 fully saturated rings. The maximum Gasteiger partial charge on any atom is 0.295 e. The van der Waals surface area contributed by atoms with Crippen LogP contribution in [0.4, 0.5) is 5.82 Å². The van der Waals surface area contributed by atoms with Crippen LogP contribution < -0.4 is 15.6 Å². The van der Waals surface area contributed by atoms with Gasteiger partial charge in [0.25, 0.3) is 5.56 Å². The van der Waals surface area contributed by atoms with Gasteiger partial charge in [-0.05, 0) is 69.6 Å². The lowest BCUT2D eigenvalue weighted by molar-refractivity contribution is -0.0477. The first-order chi connectivity index (χ1) is 19.7. The van der Waals surface area contributed by atoms with E-state index in [2.05, 4.69) is 32.2 Å². The molecule has 7 rings (SSSR count). The molecule has 218 valence electrons. The summed E-state index contributed by atoms with van der Waals surface area (Å²) < 4.78 is 33.2. The fourth-order valence-electron chi connectivity index (χ4n) is 6.71. The third-order valence-corrected chi connectivity index (χ3v) is 11.1. The van der Waals surface area contributed by atoms with E-state index >= 15 is 0 Å². The number of nitrogens with zero attached hydrogens (tertiary/aromatic N) is 7. The van der Waals surface area contributed by atoms with Crippen molar-refractivity contribution < 1.29 is 13.2 Å². The van der Waals surface area contributed by atoms with Gasteiger partial charge in [0.2, 0.25) is 15.9 Å². The lowest BCUT2D eigenvalue weighted by Crippen LogP contribution is -2.64. The van der Waals surface area contributed by atoms with Gasteiger partial charge in [-0.15, -0.1) is 0 Å². The van der Waals surface area contributed by atoms with Gasteiger partial charge in [0.1, 0.15) is 17.4 Å². The van der Waals surface area contributed by atoms with Gasteiger partial charge in [0, 0.05) is 31.6 Å². The summed E-state index contributed by atoms with van der Waals surface area (Å²) in [7, 11) is -1.54. The molecule has 1 spiro atoms. The zero-order valence-corrected chi connectivity index (χ0v) is 24.5. The van der Waals surface area contributed by atoms with Gasteiger partial charge in [0.05, 0.1) is 24.8 Å². The topological polar surface area (TPSA) is 145 Å². The lowest BCUT2D eigenvalue weighted by atomic mass is 9.58. The molecule has 3 aromatic rings. The van der Waals surface area contributed by atoms with Crippen LogP contribution in [0, 0.1) is 17.3 Å². The summed E-state index contributed by atoms with van der Waals surface area (Å²) in [6, 6.07) is -0.0263. The standard InChI is InChI=1S/C28H36N8O4S/c1-4-41(38,39)35-13-28(14-35)9-17(10-28)11-29-24-27(37)36(16(2)18-5-6-18)25-20(33-24)12-30-23(34-25)21-22(19-7-8-19)31-15-32-26(21)40-3/h12,15-19H,4-11,13-14H2,1-3H3,(H,29,33). The zero-order valence-electron chi connectivity index (χ0n) is 23.7. The van der Waals surface area contributed by atoms with Crippen LogP contribution >= 0.6 is 0 Å². The molecular formula is C28H36N8O4S. The van der Waals surface area contributed by atoms with Crippen LogP contribution in [0.3, 0.4) is 0 Å². The van der Waals surface area contributed by atoms with E-state index < -0.39 is 10.0 Å². The zero-order chi connectivity index (χ0) is 28.5. The molecule has 0 amide bonds. The van der Waals surface area contributed by atoms with Crippen LogP contribution in [0.5, 0.6) is 5.88 Å².